The van der Waals surface area contributed by atoms with Crippen molar-refractivity contribution in [2.24, 2.45) is 5.92 Å². The number of nitrogens with one attached hydrogen (secondary N) is 1. The molecule has 0 spiro atoms. The van der Waals surface area contributed by atoms with Crippen LogP contribution in [0.25, 0.3) is 0 Å². The van der Waals surface area contributed by atoms with Crippen molar-refractivity contribution >= 4 is 27.5 Å². The summed E-state index contributed by atoms with van der Waals surface area (Å²) in [7, 11) is 0. The molecule has 26 heavy (non-hydrogen) atoms. The summed E-state index contributed by atoms with van der Waals surface area (Å²) in [6.07, 6.45) is 2.65. The largest absolute Gasteiger partial charge is 0.489 e. The Bertz CT molecular complexity index is 761. The highest BCUT2D eigenvalue weighted by Gasteiger charge is 2.33. The third kappa shape index (κ3) is 4.25. The lowest BCUT2D eigenvalue weighted by Crippen LogP contribution is -2.55. The average molecular weight is 436 g/mol. The van der Waals surface area contributed by atoms with Crippen LogP contribution in [0, 0.1) is 5.92 Å². The second kappa shape index (κ2) is 8.30. The molecule has 2 aromatic carbocycles. The molecule has 1 atom stereocenters. The summed E-state index contributed by atoms with van der Waals surface area (Å²) in [4.78, 5) is 2.58. The fraction of sp³-hybridized carbons (Fsp3) is 0.429. The molecule has 2 aromatic rings. The van der Waals surface area contributed by atoms with Gasteiger partial charge >= 0.3 is 0 Å². The van der Waals surface area contributed by atoms with Crippen LogP contribution in [0.1, 0.15) is 24.0 Å². The van der Waals surface area contributed by atoms with Gasteiger partial charge in [-0.15, -0.1) is 0 Å². The van der Waals surface area contributed by atoms with E-state index < -0.39 is 0 Å². The normalized spacial score (nSPS) is 24.6. The van der Waals surface area contributed by atoms with Gasteiger partial charge < -0.3 is 15.0 Å². The van der Waals surface area contributed by atoms with Gasteiger partial charge in [0.25, 0.3) is 0 Å². The third-order valence-corrected chi connectivity index (χ3v) is 6.44. The minimum Gasteiger partial charge on any atom is -0.489 e. The number of fused-ring (bicyclic) bond motifs is 3. The van der Waals surface area contributed by atoms with Crippen molar-refractivity contribution in [2.75, 3.05) is 19.6 Å². The molecule has 0 aromatic heterocycles. The van der Waals surface area contributed by atoms with Crippen molar-refractivity contribution in [3.8, 4) is 5.75 Å². The van der Waals surface area contributed by atoms with E-state index in [1.165, 1.54) is 38.0 Å². The Balaban J connectivity index is 1.42. The van der Waals surface area contributed by atoms with Crippen molar-refractivity contribution in [2.45, 2.75) is 32.0 Å². The Morgan fingerprint density at radius 2 is 1.92 bits per heavy atom. The van der Waals surface area contributed by atoms with Crippen LogP contribution < -0.4 is 10.1 Å². The standard InChI is InChI=1S/C21H24BrClN2O/c22-18-5-6-21(26-14-16-3-1-2-4-19(16)23)17(11-18)12-24-20-13-25-9-7-15(20)8-10-25/h1-6,11,15,20,24H,7-10,12-14H2. The number of hydrogen-bond donors (Lipinski definition) is 1. The van der Waals surface area contributed by atoms with Crippen LogP contribution in [0.2, 0.25) is 5.02 Å². The van der Waals surface area contributed by atoms with Gasteiger partial charge in [0, 0.05) is 39.8 Å². The van der Waals surface area contributed by atoms with E-state index in [9.17, 15) is 0 Å². The zero-order valence-electron chi connectivity index (χ0n) is 14.8. The fourth-order valence-electron chi connectivity index (χ4n) is 4.04. The lowest BCUT2D eigenvalue weighted by molar-refractivity contribution is 0.0718. The molecule has 0 radical (unpaired) electrons. The molecule has 3 fully saturated rings. The zero-order valence-corrected chi connectivity index (χ0v) is 17.1. The molecule has 3 aliphatic rings. The highest BCUT2D eigenvalue weighted by Crippen LogP contribution is 2.29. The molecule has 1 N–H and O–H groups in total. The maximum absolute atomic E-state index is 6.25. The topological polar surface area (TPSA) is 24.5 Å². The molecule has 0 amide bonds. The van der Waals surface area contributed by atoms with Gasteiger partial charge in [0.2, 0.25) is 0 Å². The van der Waals surface area contributed by atoms with Crippen molar-refractivity contribution in [3.63, 3.8) is 0 Å². The van der Waals surface area contributed by atoms with Crippen LogP contribution in [0.4, 0.5) is 0 Å². The first-order chi connectivity index (χ1) is 12.7. The molecular weight excluding hydrogens is 412 g/mol. The molecule has 3 heterocycles. The molecule has 0 saturated carbocycles. The smallest absolute Gasteiger partial charge is 0.124 e. The van der Waals surface area contributed by atoms with E-state index in [2.05, 4.69) is 32.2 Å². The van der Waals surface area contributed by atoms with E-state index in [4.69, 9.17) is 16.3 Å². The van der Waals surface area contributed by atoms with Crippen molar-refractivity contribution in [1.82, 2.24) is 10.2 Å². The van der Waals surface area contributed by atoms with E-state index in [0.717, 1.165) is 33.3 Å². The van der Waals surface area contributed by atoms with E-state index in [1.54, 1.807) is 0 Å². The molecule has 5 rings (SSSR count). The van der Waals surface area contributed by atoms with Gasteiger partial charge in [-0.05, 0) is 56.1 Å². The summed E-state index contributed by atoms with van der Waals surface area (Å²) >= 11 is 9.84. The summed E-state index contributed by atoms with van der Waals surface area (Å²) in [6.45, 7) is 5.02. The first-order valence-electron chi connectivity index (χ1n) is 9.29. The second-order valence-electron chi connectivity index (χ2n) is 7.26. The molecule has 2 bridgehead atoms. The highest BCUT2D eigenvalue weighted by molar-refractivity contribution is 9.10. The summed E-state index contributed by atoms with van der Waals surface area (Å²) in [5.74, 6) is 1.74. The Morgan fingerprint density at radius 1 is 1.12 bits per heavy atom. The molecular formula is C21H24BrClN2O. The maximum Gasteiger partial charge on any atom is 0.124 e. The highest BCUT2D eigenvalue weighted by atomic mass is 79.9. The molecule has 1 unspecified atom stereocenters. The van der Waals surface area contributed by atoms with Gasteiger partial charge in [-0.1, -0.05) is 45.7 Å². The summed E-state index contributed by atoms with van der Waals surface area (Å²) in [6, 6.07) is 14.6. The van der Waals surface area contributed by atoms with Crippen LogP contribution in [0.15, 0.2) is 46.9 Å². The van der Waals surface area contributed by atoms with Gasteiger partial charge in [0.15, 0.2) is 0 Å². The van der Waals surface area contributed by atoms with Crippen LogP contribution >= 0.6 is 27.5 Å². The minimum absolute atomic E-state index is 0.480. The number of piperidine rings is 3. The predicted octanol–water partition coefficient (Wildman–Crippen LogP) is 4.87. The van der Waals surface area contributed by atoms with E-state index >= 15 is 0 Å². The van der Waals surface area contributed by atoms with Crippen LogP contribution in [0.3, 0.4) is 0 Å². The molecule has 3 aliphatic heterocycles. The van der Waals surface area contributed by atoms with Crippen LogP contribution in [0.5, 0.6) is 5.75 Å². The molecule has 3 saturated heterocycles. The molecule has 5 heteroatoms. The second-order valence-corrected chi connectivity index (χ2v) is 8.58. The Morgan fingerprint density at radius 3 is 2.65 bits per heavy atom. The fourth-order valence-corrected chi connectivity index (χ4v) is 4.63. The summed E-state index contributed by atoms with van der Waals surface area (Å²) in [5.41, 5.74) is 2.19. The number of halogens is 2. The lowest BCUT2D eigenvalue weighted by atomic mass is 9.84. The van der Waals surface area contributed by atoms with Crippen molar-refractivity contribution in [1.29, 1.82) is 0 Å². The van der Waals surface area contributed by atoms with Crippen LogP contribution in [-0.2, 0) is 13.2 Å². The zero-order chi connectivity index (χ0) is 17.9. The number of benzene rings is 2. The number of rotatable bonds is 6. The Hall–Kier alpha value is -1.07. The summed E-state index contributed by atoms with van der Waals surface area (Å²) in [5, 5.41) is 4.52. The molecule has 0 aliphatic carbocycles. The van der Waals surface area contributed by atoms with E-state index in [0.29, 0.717) is 12.6 Å². The van der Waals surface area contributed by atoms with Gasteiger partial charge in [0.1, 0.15) is 12.4 Å². The van der Waals surface area contributed by atoms with E-state index in [1.807, 2.05) is 36.4 Å². The first-order valence-corrected chi connectivity index (χ1v) is 10.5. The lowest BCUT2D eigenvalue weighted by Gasteiger charge is -2.45. The Kier molecular flexibility index (Phi) is 5.84. The van der Waals surface area contributed by atoms with Gasteiger partial charge in [0.05, 0.1) is 0 Å². The van der Waals surface area contributed by atoms with Crippen molar-refractivity contribution in [3.05, 3.63) is 63.1 Å². The number of ether oxygens (including phenoxy) is 1. The predicted molar refractivity (Wildman–Crippen MR) is 110 cm³/mol. The Labute approximate surface area is 168 Å². The van der Waals surface area contributed by atoms with Crippen molar-refractivity contribution < 1.29 is 4.74 Å². The van der Waals surface area contributed by atoms with Gasteiger partial charge in [-0.3, -0.25) is 0 Å². The summed E-state index contributed by atoms with van der Waals surface area (Å²) < 4.78 is 7.18. The first kappa shape index (κ1) is 18.3. The number of nitrogens with zero attached hydrogens (tertiary/aromatic N) is 1. The quantitative estimate of drug-likeness (QED) is 0.701. The molecule has 138 valence electrons. The molecule has 3 nitrogen and oxygen atoms in total. The van der Waals surface area contributed by atoms with Gasteiger partial charge in [-0.25, -0.2) is 0 Å². The van der Waals surface area contributed by atoms with E-state index in [-0.39, 0.29) is 0 Å². The number of hydrogen-bond acceptors (Lipinski definition) is 3. The minimum atomic E-state index is 0.480. The van der Waals surface area contributed by atoms with Crippen LogP contribution in [-0.4, -0.2) is 30.6 Å². The monoisotopic (exact) mass is 434 g/mol. The third-order valence-electron chi connectivity index (χ3n) is 5.57. The maximum atomic E-state index is 6.25. The van der Waals surface area contributed by atoms with Gasteiger partial charge in [-0.2, -0.15) is 0 Å². The average Bonchev–Trinajstić information content (AvgIpc) is 2.68. The SMILES string of the molecule is Clc1ccccc1COc1ccc(Br)cc1CNC1CN2CCC1CC2.